The lowest BCUT2D eigenvalue weighted by molar-refractivity contribution is -0.101. The van der Waals surface area contributed by atoms with Crippen molar-refractivity contribution in [1.29, 1.82) is 0 Å². The Morgan fingerprint density at radius 3 is 2.91 bits per heavy atom. The number of aromatic amines is 1. The van der Waals surface area contributed by atoms with Crippen LogP contribution in [-0.2, 0) is 11.3 Å². The van der Waals surface area contributed by atoms with Gasteiger partial charge in [-0.3, -0.25) is 0 Å². The Hall–Kier alpha value is -3.43. The summed E-state index contributed by atoms with van der Waals surface area (Å²) < 4.78 is 11.4. The first-order valence-electron chi connectivity index (χ1n) is 11.4. The maximum absolute atomic E-state index is 9.64. The van der Waals surface area contributed by atoms with Crippen molar-refractivity contribution >= 4 is 33.7 Å². The molecule has 1 atom stereocenters. The van der Waals surface area contributed by atoms with E-state index in [9.17, 15) is 5.11 Å². The van der Waals surface area contributed by atoms with Gasteiger partial charge in [-0.05, 0) is 50.1 Å². The minimum Gasteiger partial charge on any atom is -0.495 e. The first kappa shape index (κ1) is 22.4. The Morgan fingerprint density at radius 2 is 2.12 bits per heavy atom. The Kier molecular flexibility index (Phi) is 5.75. The Bertz CT molecular complexity index is 1340. The summed E-state index contributed by atoms with van der Waals surface area (Å²) in [7, 11) is 1.68. The fourth-order valence-electron chi connectivity index (χ4n) is 4.69. The van der Waals surface area contributed by atoms with Gasteiger partial charge in [0.25, 0.3) is 0 Å². The summed E-state index contributed by atoms with van der Waals surface area (Å²) in [6.45, 7) is 7.94. The number of benzene rings is 1. The third-order valence-corrected chi connectivity index (χ3v) is 6.16. The quantitative estimate of drug-likeness (QED) is 0.400. The molecule has 1 fully saturated rings. The Labute approximate surface area is 198 Å². The highest BCUT2D eigenvalue weighted by atomic mass is 16.5. The number of aliphatic hydroxyl groups excluding tert-OH is 1. The van der Waals surface area contributed by atoms with Crippen molar-refractivity contribution in [2.75, 3.05) is 37.0 Å². The molecule has 34 heavy (non-hydrogen) atoms. The summed E-state index contributed by atoms with van der Waals surface area (Å²) in [4.78, 5) is 19.5. The van der Waals surface area contributed by atoms with Crippen molar-refractivity contribution in [3.8, 4) is 5.75 Å². The van der Waals surface area contributed by atoms with E-state index < -0.39 is 0 Å². The molecule has 0 spiro atoms. The summed E-state index contributed by atoms with van der Waals surface area (Å²) in [5, 5.41) is 14.2. The number of hydrogen-bond acceptors (Lipinski definition) is 8. The van der Waals surface area contributed by atoms with Gasteiger partial charge < -0.3 is 29.8 Å². The van der Waals surface area contributed by atoms with Gasteiger partial charge in [0, 0.05) is 31.2 Å². The third-order valence-electron chi connectivity index (χ3n) is 6.16. The molecular formula is C25H30N6O3. The molecule has 1 aliphatic rings. The van der Waals surface area contributed by atoms with Crippen LogP contribution in [0.3, 0.4) is 0 Å². The summed E-state index contributed by atoms with van der Waals surface area (Å²) >= 11 is 0. The fraction of sp³-hybridized carbons (Fsp3) is 0.400. The van der Waals surface area contributed by atoms with Gasteiger partial charge in [0.1, 0.15) is 22.9 Å². The number of fused-ring (bicyclic) bond motifs is 2. The van der Waals surface area contributed by atoms with Crippen molar-refractivity contribution in [3.05, 3.63) is 47.8 Å². The molecule has 1 unspecified atom stereocenters. The number of rotatable bonds is 6. The molecular weight excluding hydrogens is 432 g/mol. The van der Waals surface area contributed by atoms with Crippen molar-refractivity contribution < 1.29 is 14.6 Å². The lowest BCUT2D eigenvalue weighted by atomic mass is 10.1. The van der Waals surface area contributed by atoms with Crippen molar-refractivity contribution in [1.82, 2.24) is 19.9 Å². The van der Waals surface area contributed by atoms with E-state index in [1.165, 1.54) is 0 Å². The molecule has 4 heterocycles. The van der Waals surface area contributed by atoms with E-state index in [-0.39, 0.29) is 18.3 Å². The van der Waals surface area contributed by atoms with E-state index in [1.54, 1.807) is 13.3 Å². The predicted molar refractivity (Wildman–Crippen MR) is 132 cm³/mol. The number of anilines is 2. The number of hydrogen-bond donors (Lipinski definition) is 3. The smallest absolute Gasteiger partial charge is 0.182 e. The first-order chi connectivity index (χ1) is 16.4. The minimum atomic E-state index is -0.378. The molecule has 0 saturated carbocycles. The fourth-order valence-corrected chi connectivity index (χ4v) is 4.69. The van der Waals surface area contributed by atoms with E-state index in [0.29, 0.717) is 31.1 Å². The second-order valence-corrected chi connectivity index (χ2v) is 9.33. The molecule has 1 aromatic carbocycles. The van der Waals surface area contributed by atoms with E-state index in [4.69, 9.17) is 19.4 Å². The van der Waals surface area contributed by atoms with Crippen LogP contribution in [0.4, 0.5) is 11.6 Å². The highest BCUT2D eigenvalue weighted by Crippen LogP contribution is 2.31. The van der Waals surface area contributed by atoms with Crippen LogP contribution >= 0.6 is 0 Å². The highest BCUT2D eigenvalue weighted by molar-refractivity contribution is 5.91. The molecule has 0 aliphatic carbocycles. The molecule has 0 bridgehead atoms. The lowest BCUT2D eigenvalue weighted by Gasteiger charge is -2.42. The van der Waals surface area contributed by atoms with Gasteiger partial charge >= 0.3 is 0 Å². The average Bonchev–Trinajstić information content (AvgIpc) is 3.23. The molecule has 1 aliphatic heterocycles. The first-order valence-corrected chi connectivity index (χ1v) is 11.4. The third kappa shape index (κ3) is 4.24. The molecule has 3 N–H and O–H groups in total. The van der Waals surface area contributed by atoms with Crippen LogP contribution in [-0.4, -0.2) is 63.6 Å². The van der Waals surface area contributed by atoms with Crippen LogP contribution in [0.25, 0.3) is 22.1 Å². The van der Waals surface area contributed by atoms with Gasteiger partial charge in [-0.25, -0.2) is 15.0 Å². The molecule has 3 aromatic heterocycles. The number of aromatic nitrogens is 4. The van der Waals surface area contributed by atoms with Crippen LogP contribution in [0.1, 0.15) is 25.0 Å². The molecule has 178 valence electrons. The zero-order chi connectivity index (χ0) is 23.9. The van der Waals surface area contributed by atoms with Crippen molar-refractivity contribution in [3.63, 3.8) is 0 Å². The van der Waals surface area contributed by atoms with Gasteiger partial charge in [-0.15, -0.1) is 0 Å². The SMILES string of the molecule is COc1ccc(CNc2cnc3ccc(N4CC(CO)OC(C)(C)C4)nc3n2)c2c(C)c[nH]c12. The second-order valence-electron chi connectivity index (χ2n) is 9.33. The molecule has 0 amide bonds. The second kappa shape index (κ2) is 8.73. The molecule has 9 nitrogen and oxygen atoms in total. The number of H-pyrrole nitrogens is 1. The zero-order valence-electron chi connectivity index (χ0n) is 19.9. The van der Waals surface area contributed by atoms with Gasteiger partial charge in [0.05, 0.1) is 37.1 Å². The number of methoxy groups -OCH3 is 1. The number of nitrogens with one attached hydrogen (secondary N) is 2. The van der Waals surface area contributed by atoms with E-state index in [2.05, 4.69) is 33.2 Å². The van der Waals surface area contributed by atoms with Crippen LogP contribution in [0, 0.1) is 6.92 Å². The van der Waals surface area contributed by atoms with E-state index in [0.717, 1.165) is 39.1 Å². The monoisotopic (exact) mass is 462 g/mol. The summed E-state index contributed by atoms with van der Waals surface area (Å²) in [6, 6.07) is 7.92. The molecule has 0 radical (unpaired) electrons. The normalized spacial score (nSPS) is 17.9. The summed E-state index contributed by atoms with van der Waals surface area (Å²) in [5.41, 5.74) is 4.22. The van der Waals surface area contributed by atoms with Crippen molar-refractivity contribution in [2.45, 2.75) is 39.0 Å². The van der Waals surface area contributed by atoms with Gasteiger partial charge in [-0.2, -0.15) is 0 Å². The molecule has 5 rings (SSSR count). The molecule has 9 heteroatoms. The van der Waals surface area contributed by atoms with Gasteiger partial charge in [0.2, 0.25) is 0 Å². The van der Waals surface area contributed by atoms with E-state index >= 15 is 0 Å². The predicted octanol–water partition coefficient (Wildman–Crippen LogP) is 3.41. The Morgan fingerprint density at radius 1 is 1.26 bits per heavy atom. The number of aryl methyl sites for hydroxylation is 1. The van der Waals surface area contributed by atoms with Crippen LogP contribution in [0.15, 0.2) is 36.7 Å². The Balaban J connectivity index is 1.39. The number of nitrogens with zero attached hydrogens (tertiary/aromatic N) is 4. The van der Waals surface area contributed by atoms with Crippen LogP contribution < -0.4 is 15.0 Å². The largest absolute Gasteiger partial charge is 0.495 e. The maximum atomic E-state index is 9.64. The topological polar surface area (TPSA) is 108 Å². The highest BCUT2D eigenvalue weighted by Gasteiger charge is 2.33. The number of ether oxygens (including phenoxy) is 2. The van der Waals surface area contributed by atoms with E-state index in [1.807, 2.05) is 38.2 Å². The average molecular weight is 463 g/mol. The van der Waals surface area contributed by atoms with Crippen LogP contribution in [0.2, 0.25) is 0 Å². The van der Waals surface area contributed by atoms with Gasteiger partial charge in [-0.1, -0.05) is 6.07 Å². The summed E-state index contributed by atoms with van der Waals surface area (Å²) in [5.74, 6) is 2.28. The summed E-state index contributed by atoms with van der Waals surface area (Å²) in [6.07, 6.45) is 3.47. The number of pyridine rings is 1. The molecule has 4 aromatic rings. The number of aliphatic hydroxyl groups is 1. The molecule has 1 saturated heterocycles. The maximum Gasteiger partial charge on any atom is 0.182 e. The zero-order valence-corrected chi connectivity index (χ0v) is 19.9. The van der Waals surface area contributed by atoms with Crippen LogP contribution in [0.5, 0.6) is 5.75 Å². The number of morpholine rings is 1. The lowest BCUT2D eigenvalue weighted by Crippen LogP contribution is -2.54. The minimum absolute atomic E-state index is 0.0272. The standard InChI is InChI=1S/C25H30N6O3/c1-15-9-28-23-19(33-4)7-5-16(22(15)23)10-27-20-11-26-18-6-8-21(30-24(18)29-20)31-12-17(13-32)34-25(2,3)14-31/h5-9,11,17,28,32H,10,12-14H2,1-4H3,(H,27,29,30). The van der Waals surface area contributed by atoms with Gasteiger partial charge in [0.15, 0.2) is 5.65 Å². The van der Waals surface area contributed by atoms with Crippen molar-refractivity contribution in [2.24, 2.45) is 0 Å².